The smallest absolute Gasteiger partial charge is 0.194 e. The van der Waals surface area contributed by atoms with Crippen LogP contribution in [0.3, 0.4) is 0 Å². The quantitative estimate of drug-likeness (QED) is 0.583. The molecule has 4 nitrogen and oxygen atoms in total. The van der Waals surface area contributed by atoms with E-state index >= 15 is 0 Å². The molecule has 1 N–H and O–H groups in total. The second kappa shape index (κ2) is 7.37. The summed E-state index contributed by atoms with van der Waals surface area (Å²) in [5.41, 5.74) is 3.62. The number of aromatic nitrogens is 2. The van der Waals surface area contributed by atoms with Crippen molar-refractivity contribution >= 4 is 11.0 Å². The van der Waals surface area contributed by atoms with Crippen LogP contribution < -0.4 is 5.43 Å². The third-order valence-corrected chi connectivity index (χ3v) is 4.80. The highest BCUT2D eigenvalue weighted by atomic mass is 19.1. The van der Waals surface area contributed by atoms with E-state index in [9.17, 15) is 14.3 Å². The molecule has 0 spiro atoms. The molecule has 0 fully saturated rings. The van der Waals surface area contributed by atoms with Crippen LogP contribution in [0.1, 0.15) is 29.7 Å². The van der Waals surface area contributed by atoms with Crippen molar-refractivity contribution in [1.82, 2.24) is 9.55 Å². The van der Waals surface area contributed by atoms with Crippen LogP contribution in [0.2, 0.25) is 0 Å². The highest BCUT2D eigenvalue weighted by Gasteiger charge is 2.12. The van der Waals surface area contributed by atoms with Crippen molar-refractivity contribution in [2.45, 2.75) is 19.4 Å². The highest BCUT2D eigenvalue weighted by molar-refractivity contribution is 5.77. The topological polar surface area (TPSA) is 55.1 Å². The van der Waals surface area contributed by atoms with Gasteiger partial charge in [0, 0.05) is 30.1 Å². The van der Waals surface area contributed by atoms with E-state index in [4.69, 9.17) is 0 Å². The van der Waals surface area contributed by atoms with Gasteiger partial charge in [-0.05, 0) is 54.4 Å². The van der Waals surface area contributed by atoms with Gasteiger partial charge in [0.25, 0.3) is 0 Å². The van der Waals surface area contributed by atoms with E-state index in [0.717, 1.165) is 16.8 Å². The number of hydrogen-bond donors (Lipinski definition) is 1. The maximum Gasteiger partial charge on any atom is 0.194 e. The van der Waals surface area contributed by atoms with Gasteiger partial charge in [-0.2, -0.15) is 0 Å². The zero-order chi connectivity index (χ0) is 19.7. The lowest BCUT2D eigenvalue weighted by molar-refractivity contribution is 0.199. The minimum Gasteiger partial charge on any atom is -0.389 e. The van der Waals surface area contributed by atoms with Crippen LogP contribution in [0.25, 0.3) is 16.7 Å². The Kier molecular flexibility index (Phi) is 4.75. The Morgan fingerprint density at radius 3 is 2.46 bits per heavy atom. The van der Waals surface area contributed by atoms with Gasteiger partial charge in [-0.15, -0.1) is 0 Å². The van der Waals surface area contributed by atoms with Crippen LogP contribution in [0.5, 0.6) is 0 Å². The molecule has 4 aromatic rings. The number of benzene rings is 2. The fourth-order valence-electron chi connectivity index (χ4n) is 3.27. The number of nitrogens with zero attached hydrogens (tertiary/aromatic N) is 2. The standard InChI is InChI=1S/C23H19FN2O2/c1-15(27)17-6-4-16(5-7-17)13-18-14-26(20-10-8-19(24)9-11-20)23-21(22(18)28)3-2-12-25-23/h2-12,14-15,27H,13H2,1H3. The van der Waals surface area contributed by atoms with Gasteiger partial charge < -0.3 is 9.67 Å². The molecular weight excluding hydrogens is 355 g/mol. The predicted molar refractivity (Wildman–Crippen MR) is 107 cm³/mol. The second-order valence-electron chi connectivity index (χ2n) is 6.80. The Balaban J connectivity index is 1.83. The molecule has 2 heterocycles. The van der Waals surface area contributed by atoms with E-state index in [1.165, 1.54) is 12.1 Å². The van der Waals surface area contributed by atoms with E-state index in [0.29, 0.717) is 23.0 Å². The molecule has 2 aromatic heterocycles. The monoisotopic (exact) mass is 374 g/mol. The molecule has 2 aromatic carbocycles. The molecular formula is C23H19FN2O2. The maximum absolute atomic E-state index is 13.3. The van der Waals surface area contributed by atoms with Crippen LogP contribution in [-0.4, -0.2) is 14.7 Å². The largest absolute Gasteiger partial charge is 0.389 e. The maximum atomic E-state index is 13.3. The molecule has 4 rings (SSSR count). The molecule has 0 bridgehead atoms. The summed E-state index contributed by atoms with van der Waals surface area (Å²) in [5.74, 6) is -0.319. The fourth-order valence-corrected chi connectivity index (χ4v) is 3.27. The summed E-state index contributed by atoms with van der Waals surface area (Å²) in [4.78, 5) is 17.4. The SMILES string of the molecule is CC(O)c1ccc(Cc2cn(-c3ccc(F)cc3)c3ncccc3c2=O)cc1. The minimum absolute atomic E-state index is 0.0685. The number of aliphatic hydroxyl groups excluding tert-OH is 1. The number of fused-ring (bicyclic) bond motifs is 1. The Morgan fingerprint density at radius 2 is 1.79 bits per heavy atom. The van der Waals surface area contributed by atoms with Crippen molar-refractivity contribution in [2.75, 3.05) is 0 Å². The second-order valence-corrected chi connectivity index (χ2v) is 6.80. The summed E-state index contributed by atoms with van der Waals surface area (Å²) in [7, 11) is 0. The van der Waals surface area contributed by atoms with E-state index in [-0.39, 0.29) is 11.2 Å². The summed E-state index contributed by atoms with van der Waals surface area (Å²) in [5, 5.41) is 10.2. The molecule has 5 heteroatoms. The van der Waals surface area contributed by atoms with Gasteiger partial charge in [-0.3, -0.25) is 4.79 Å². The molecule has 0 saturated carbocycles. The lowest BCUT2D eigenvalue weighted by Crippen LogP contribution is -2.15. The normalized spacial score (nSPS) is 12.2. The number of rotatable bonds is 4. The number of halogens is 1. The van der Waals surface area contributed by atoms with Crippen molar-refractivity contribution in [3.8, 4) is 5.69 Å². The lowest BCUT2D eigenvalue weighted by atomic mass is 10.0. The average Bonchev–Trinajstić information content (AvgIpc) is 2.71. The zero-order valence-corrected chi connectivity index (χ0v) is 15.3. The van der Waals surface area contributed by atoms with Gasteiger partial charge in [0.05, 0.1) is 11.5 Å². The molecule has 0 amide bonds. The fraction of sp³-hybridized carbons (Fsp3) is 0.130. The summed E-state index contributed by atoms with van der Waals surface area (Å²) in [6.07, 6.45) is 3.32. The third-order valence-electron chi connectivity index (χ3n) is 4.80. The summed E-state index contributed by atoms with van der Waals surface area (Å²) < 4.78 is 15.2. The Hall–Kier alpha value is -3.31. The number of hydrogen-bond acceptors (Lipinski definition) is 3. The Morgan fingerprint density at radius 1 is 1.07 bits per heavy atom. The first-order valence-corrected chi connectivity index (χ1v) is 9.05. The highest BCUT2D eigenvalue weighted by Crippen LogP contribution is 2.19. The van der Waals surface area contributed by atoms with Gasteiger partial charge in [-0.25, -0.2) is 9.37 Å². The van der Waals surface area contributed by atoms with Gasteiger partial charge >= 0.3 is 0 Å². The predicted octanol–water partition coefficient (Wildman–Crippen LogP) is 4.17. The van der Waals surface area contributed by atoms with E-state index in [2.05, 4.69) is 4.98 Å². The minimum atomic E-state index is -0.531. The van der Waals surface area contributed by atoms with Gasteiger partial charge in [0.2, 0.25) is 0 Å². The van der Waals surface area contributed by atoms with E-state index < -0.39 is 6.10 Å². The molecule has 1 atom stereocenters. The summed E-state index contributed by atoms with van der Waals surface area (Å²) >= 11 is 0. The summed E-state index contributed by atoms with van der Waals surface area (Å²) in [6.45, 7) is 1.71. The van der Waals surface area contributed by atoms with Crippen molar-refractivity contribution in [3.05, 3.63) is 106 Å². The zero-order valence-electron chi connectivity index (χ0n) is 15.3. The van der Waals surface area contributed by atoms with Crippen molar-refractivity contribution in [3.63, 3.8) is 0 Å². The van der Waals surface area contributed by atoms with Crippen molar-refractivity contribution < 1.29 is 9.50 Å². The first kappa shape index (κ1) is 18.1. The molecule has 0 radical (unpaired) electrons. The Labute approximate surface area is 161 Å². The van der Waals surface area contributed by atoms with Crippen LogP contribution in [0, 0.1) is 5.82 Å². The molecule has 0 saturated heterocycles. The van der Waals surface area contributed by atoms with Crippen LogP contribution in [0.15, 0.2) is 77.9 Å². The molecule has 140 valence electrons. The Bertz CT molecular complexity index is 1180. The first-order valence-electron chi connectivity index (χ1n) is 9.05. The van der Waals surface area contributed by atoms with Crippen molar-refractivity contribution in [2.24, 2.45) is 0 Å². The summed E-state index contributed by atoms with van der Waals surface area (Å²) in [6, 6.07) is 17.1. The van der Waals surface area contributed by atoms with E-state index in [1.807, 2.05) is 28.8 Å². The average molecular weight is 374 g/mol. The number of pyridine rings is 2. The first-order chi connectivity index (χ1) is 13.5. The van der Waals surface area contributed by atoms with Gasteiger partial charge in [0.1, 0.15) is 11.5 Å². The molecule has 1 unspecified atom stereocenters. The molecule has 28 heavy (non-hydrogen) atoms. The van der Waals surface area contributed by atoms with Gasteiger partial charge in [0.15, 0.2) is 5.43 Å². The van der Waals surface area contributed by atoms with Crippen molar-refractivity contribution in [1.29, 1.82) is 0 Å². The molecule has 0 aliphatic rings. The van der Waals surface area contributed by atoms with Gasteiger partial charge in [-0.1, -0.05) is 24.3 Å². The number of aliphatic hydroxyl groups is 1. The third kappa shape index (κ3) is 3.44. The molecule has 0 aliphatic carbocycles. The van der Waals surface area contributed by atoms with E-state index in [1.54, 1.807) is 43.6 Å². The van der Waals surface area contributed by atoms with Crippen LogP contribution in [0.4, 0.5) is 4.39 Å². The molecule has 0 aliphatic heterocycles. The lowest BCUT2D eigenvalue weighted by Gasteiger charge is -2.13. The van der Waals surface area contributed by atoms with Crippen LogP contribution >= 0.6 is 0 Å². The van der Waals surface area contributed by atoms with Crippen LogP contribution in [-0.2, 0) is 6.42 Å².